The Labute approximate surface area is 204 Å². The number of pyridine rings is 1. The predicted molar refractivity (Wildman–Crippen MR) is 138 cm³/mol. The molecule has 0 spiro atoms. The van der Waals surface area contributed by atoms with Crippen LogP contribution in [0.15, 0.2) is 91.4 Å². The van der Waals surface area contributed by atoms with Crippen LogP contribution in [0.4, 0.5) is 5.69 Å². The predicted octanol–water partition coefficient (Wildman–Crippen LogP) is 4.30. The third-order valence-corrected chi connectivity index (χ3v) is 6.15. The highest BCUT2D eigenvalue weighted by Crippen LogP contribution is 2.27. The van der Waals surface area contributed by atoms with Gasteiger partial charge in [0.25, 0.3) is 0 Å². The van der Waals surface area contributed by atoms with Gasteiger partial charge >= 0.3 is 0 Å². The van der Waals surface area contributed by atoms with Crippen LogP contribution >= 0.6 is 0 Å². The highest BCUT2D eigenvalue weighted by Gasteiger charge is 2.20. The fraction of sp³-hybridized carbons (Fsp3) is 0.179. The van der Waals surface area contributed by atoms with Crippen molar-refractivity contribution >= 4 is 17.7 Å². The summed E-state index contributed by atoms with van der Waals surface area (Å²) in [5.74, 6) is 0.793. The largest absolute Gasteiger partial charge is 0.497 e. The number of carbonyl (C=O) groups is 1. The third kappa shape index (κ3) is 5.09. The molecular weight excluding hydrogens is 438 g/mol. The van der Waals surface area contributed by atoms with E-state index in [1.807, 2.05) is 88.6 Å². The van der Waals surface area contributed by atoms with Crippen molar-refractivity contribution in [3.63, 3.8) is 0 Å². The second kappa shape index (κ2) is 10.3. The Balaban J connectivity index is 1.35. The van der Waals surface area contributed by atoms with Gasteiger partial charge in [-0.15, -0.1) is 0 Å². The number of rotatable bonds is 6. The molecule has 1 aliphatic heterocycles. The molecule has 5 rings (SSSR count). The summed E-state index contributed by atoms with van der Waals surface area (Å²) in [6.07, 6.45) is 9.07. The number of carbonyl (C=O) groups excluding carboxylic acids is 1. The first kappa shape index (κ1) is 22.4. The number of methoxy groups -OCH3 is 1. The van der Waals surface area contributed by atoms with Crippen LogP contribution in [0.1, 0.15) is 5.56 Å². The maximum Gasteiger partial charge on any atom is 0.246 e. The normalized spacial score (nSPS) is 13.9. The Kier molecular flexibility index (Phi) is 6.57. The summed E-state index contributed by atoms with van der Waals surface area (Å²) in [5, 5.41) is 4.83. The lowest BCUT2D eigenvalue weighted by atomic mass is 10.1. The Bertz CT molecular complexity index is 1290. The summed E-state index contributed by atoms with van der Waals surface area (Å²) in [6, 6.07) is 21.7. The third-order valence-electron chi connectivity index (χ3n) is 6.15. The average molecular weight is 466 g/mol. The van der Waals surface area contributed by atoms with Crippen LogP contribution in [0.25, 0.3) is 23.0 Å². The van der Waals surface area contributed by atoms with Crippen molar-refractivity contribution in [1.82, 2.24) is 19.7 Å². The van der Waals surface area contributed by atoms with Gasteiger partial charge in [-0.1, -0.05) is 18.2 Å². The van der Waals surface area contributed by atoms with Crippen molar-refractivity contribution in [3.05, 3.63) is 97.0 Å². The molecule has 2 aromatic heterocycles. The van der Waals surface area contributed by atoms with Crippen LogP contribution in [-0.2, 0) is 4.79 Å². The molecule has 0 saturated carbocycles. The summed E-state index contributed by atoms with van der Waals surface area (Å²) in [5.41, 5.74) is 4.74. The van der Waals surface area contributed by atoms with Crippen LogP contribution in [0.5, 0.6) is 5.75 Å². The number of hydrogen-bond donors (Lipinski definition) is 0. The van der Waals surface area contributed by atoms with E-state index in [1.54, 1.807) is 25.6 Å². The van der Waals surface area contributed by atoms with Crippen molar-refractivity contribution in [2.24, 2.45) is 0 Å². The number of aromatic nitrogens is 3. The molecule has 3 heterocycles. The van der Waals surface area contributed by atoms with Crippen molar-refractivity contribution in [3.8, 4) is 22.7 Å². The van der Waals surface area contributed by atoms with Crippen LogP contribution in [0.2, 0.25) is 0 Å². The van der Waals surface area contributed by atoms with Gasteiger partial charge in [0, 0.05) is 67.7 Å². The molecule has 1 saturated heterocycles. The summed E-state index contributed by atoms with van der Waals surface area (Å²) < 4.78 is 7.14. The molecular formula is C28H27N5O2. The van der Waals surface area contributed by atoms with Crippen LogP contribution < -0.4 is 9.64 Å². The molecule has 1 amide bonds. The van der Waals surface area contributed by atoms with Gasteiger partial charge in [-0.2, -0.15) is 5.10 Å². The molecule has 2 aromatic carbocycles. The van der Waals surface area contributed by atoms with E-state index >= 15 is 0 Å². The van der Waals surface area contributed by atoms with Crippen molar-refractivity contribution in [1.29, 1.82) is 0 Å². The first-order chi connectivity index (χ1) is 17.2. The van der Waals surface area contributed by atoms with E-state index < -0.39 is 0 Å². The second-order valence-corrected chi connectivity index (χ2v) is 8.29. The van der Waals surface area contributed by atoms with Gasteiger partial charge in [0.1, 0.15) is 5.75 Å². The Hall–Kier alpha value is -4.39. The quantitative estimate of drug-likeness (QED) is 0.397. The first-order valence-electron chi connectivity index (χ1n) is 11.6. The van der Waals surface area contributed by atoms with Gasteiger partial charge in [-0.05, 0) is 54.6 Å². The van der Waals surface area contributed by atoms with E-state index in [4.69, 9.17) is 9.84 Å². The molecule has 1 aliphatic rings. The fourth-order valence-corrected chi connectivity index (χ4v) is 4.20. The van der Waals surface area contributed by atoms with E-state index in [1.165, 1.54) is 0 Å². The topological polar surface area (TPSA) is 63.5 Å². The molecule has 1 fully saturated rings. The Morgan fingerprint density at radius 1 is 0.886 bits per heavy atom. The standard InChI is InChI=1S/C28H27N5O2/c1-35-26-10-7-22(8-11-26)28-23(21-33(30-28)25-5-3-2-4-6-25)9-12-27(34)32-19-17-31(18-20-32)24-13-15-29-16-14-24/h2-16,21H,17-20H2,1H3/b12-9+. The molecule has 0 radical (unpaired) electrons. The van der Waals surface area contributed by atoms with E-state index in [0.29, 0.717) is 13.1 Å². The molecule has 7 heteroatoms. The minimum Gasteiger partial charge on any atom is -0.497 e. The van der Waals surface area contributed by atoms with Crippen LogP contribution in [0, 0.1) is 0 Å². The molecule has 0 bridgehead atoms. The van der Waals surface area contributed by atoms with Gasteiger partial charge in [0.15, 0.2) is 0 Å². The highest BCUT2D eigenvalue weighted by molar-refractivity contribution is 5.93. The minimum absolute atomic E-state index is 0.00696. The second-order valence-electron chi connectivity index (χ2n) is 8.29. The number of para-hydroxylation sites is 1. The monoisotopic (exact) mass is 465 g/mol. The molecule has 0 N–H and O–H groups in total. The summed E-state index contributed by atoms with van der Waals surface area (Å²) in [4.78, 5) is 21.2. The van der Waals surface area contributed by atoms with Gasteiger partial charge < -0.3 is 14.5 Å². The summed E-state index contributed by atoms with van der Waals surface area (Å²) >= 11 is 0. The summed E-state index contributed by atoms with van der Waals surface area (Å²) in [6.45, 7) is 2.96. The number of hydrogen-bond acceptors (Lipinski definition) is 5. The van der Waals surface area contributed by atoms with Crippen molar-refractivity contribution < 1.29 is 9.53 Å². The smallest absolute Gasteiger partial charge is 0.246 e. The number of ether oxygens (including phenoxy) is 1. The van der Waals surface area contributed by atoms with Crippen molar-refractivity contribution in [2.75, 3.05) is 38.2 Å². The first-order valence-corrected chi connectivity index (χ1v) is 11.6. The van der Waals surface area contributed by atoms with E-state index in [0.717, 1.165) is 47.0 Å². The van der Waals surface area contributed by atoms with Gasteiger partial charge in [0.05, 0.1) is 18.5 Å². The minimum atomic E-state index is 0.00696. The lowest BCUT2D eigenvalue weighted by molar-refractivity contribution is -0.126. The molecule has 35 heavy (non-hydrogen) atoms. The zero-order chi connectivity index (χ0) is 24.0. The number of amides is 1. The zero-order valence-corrected chi connectivity index (χ0v) is 19.6. The highest BCUT2D eigenvalue weighted by atomic mass is 16.5. The average Bonchev–Trinajstić information content (AvgIpc) is 3.37. The summed E-state index contributed by atoms with van der Waals surface area (Å²) in [7, 11) is 1.65. The molecule has 0 unspecified atom stereocenters. The van der Waals surface area contributed by atoms with Crippen LogP contribution in [-0.4, -0.2) is 58.9 Å². The zero-order valence-electron chi connectivity index (χ0n) is 19.6. The maximum atomic E-state index is 13.0. The molecule has 4 aromatic rings. The maximum absolute atomic E-state index is 13.0. The fourth-order valence-electron chi connectivity index (χ4n) is 4.20. The SMILES string of the molecule is COc1ccc(-c2nn(-c3ccccc3)cc2/C=C/C(=O)N2CCN(c3ccncc3)CC2)cc1. The number of benzene rings is 2. The van der Waals surface area contributed by atoms with Gasteiger partial charge in [-0.3, -0.25) is 9.78 Å². The van der Waals surface area contributed by atoms with E-state index in [9.17, 15) is 4.79 Å². The van der Waals surface area contributed by atoms with E-state index in [2.05, 4.69) is 9.88 Å². The molecule has 7 nitrogen and oxygen atoms in total. The number of nitrogens with zero attached hydrogens (tertiary/aromatic N) is 5. The lowest BCUT2D eigenvalue weighted by Crippen LogP contribution is -2.48. The molecule has 0 atom stereocenters. The van der Waals surface area contributed by atoms with Crippen LogP contribution in [0.3, 0.4) is 0 Å². The number of piperazine rings is 1. The Morgan fingerprint density at radius 2 is 1.60 bits per heavy atom. The number of anilines is 1. The van der Waals surface area contributed by atoms with Gasteiger partial charge in [-0.25, -0.2) is 4.68 Å². The Morgan fingerprint density at radius 3 is 2.29 bits per heavy atom. The van der Waals surface area contributed by atoms with Crippen molar-refractivity contribution in [2.45, 2.75) is 0 Å². The van der Waals surface area contributed by atoms with E-state index in [-0.39, 0.29) is 5.91 Å². The molecule has 176 valence electrons. The lowest BCUT2D eigenvalue weighted by Gasteiger charge is -2.35. The van der Waals surface area contributed by atoms with Gasteiger partial charge in [0.2, 0.25) is 5.91 Å². The molecule has 0 aliphatic carbocycles.